The van der Waals surface area contributed by atoms with Crippen molar-refractivity contribution >= 4 is 17.7 Å². The third-order valence-corrected chi connectivity index (χ3v) is 5.91. The number of primary amides is 1. The molecule has 1 unspecified atom stereocenters. The van der Waals surface area contributed by atoms with Gasteiger partial charge >= 0.3 is 6.09 Å². The lowest BCUT2D eigenvalue weighted by molar-refractivity contribution is -0.127. The van der Waals surface area contributed by atoms with Gasteiger partial charge in [0.05, 0.1) is 5.69 Å². The van der Waals surface area contributed by atoms with E-state index >= 15 is 0 Å². The molecule has 2 amide bonds. The number of carbonyl (C=O) groups is 2. The zero-order valence-electron chi connectivity index (χ0n) is 15.1. The molecule has 1 aliphatic carbocycles. The number of carbonyl (C=O) groups excluding carboxylic acids is 2. The highest BCUT2D eigenvalue weighted by atomic mass is 16.7. The highest BCUT2D eigenvalue weighted by Crippen LogP contribution is 2.53. The lowest BCUT2D eigenvalue weighted by atomic mass is 9.75. The molecule has 0 aromatic heterocycles. The Hall–Kier alpha value is -3.02. The van der Waals surface area contributed by atoms with Gasteiger partial charge in [-0.15, -0.1) is 5.06 Å². The number of aryl methyl sites for hydroxylation is 3. The maximum atomic E-state index is 13.5. The van der Waals surface area contributed by atoms with Gasteiger partial charge in [-0.05, 0) is 61.4 Å². The molecule has 0 bridgehead atoms. The number of nitrogens with zero attached hydrogens (tertiary/aromatic N) is 1. The van der Waals surface area contributed by atoms with Gasteiger partial charge in [0.2, 0.25) is 0 Å². The highest BCUT2D eigenvalue weighted by Gasteiger charge is 2.58. The summed E-state index contributed by atoms with van der Waals surface area (Å²) in [5.74, 6) is 0.410. The van der Waals surface area contributed by atoms with Gasteiger partial charge in [0, 0.05) is 11.1 Å². The second kappa shape index (κ2) is 5.49. The van der Waals surface area contributed by atoms with E-state index in [1.807, 2.05) is 25.1 Å². The van der Waals surface area contributed by atoms with E-state index in [4.69, 9.17) is 15.3 Å². The maximum absolute atomic E-state index is 13.5. The summed E-state index contributed by atoms with van der Waals surface area (Å²) in [5.41, 5.74) is 9.95. The van der Waals surface area contributed by atoms with E-state index in [0.29, 0.717) is 5.69 Å². The summed E-state index contributed by atoms with van der Waals surface area (Å²) in [6, 6.07) is 9.91. The SMILES string of the molecule is Cc1ccc2c(c1)N(OC(N)=O)C(=O)C21COc2cc3c(cc21)CCCC3. The van der Waals surface area contributed by atoms with E-state index in [1.54, 1.807) is 0 Å². The van der Waals surface area contributed by atoms with Crippen LogP contribution in [-0.2, 0) is 27.9 Å². The van der Waals surface area contributed by atoms with Crippen LogP contribution in [0.1, 0.15) is 40.7 Å². The number of rotatable bonds is 1. The first-order valence-electron chi connectivity index (χ1n) is 9.23. The molecule has 6 nitrogen and oxygen atoms in total. The third-order valence-electron chi connectivity index (χ3n) is 5.91. The lowest BCUT2D eigenvalue weighted by Gasteiger charge is -2.23. The molecule has 0 saturated carbocycles. The zero-order chi connectivity index (χ0) is 18.8. The molecule has 1 atom stereocenters. The molecule has 138 valence electrons. The van der Waals surface area contributed by atoms with Gasteiger partial charge in [-0.2, -0.15) is 0 Å². The number of nitrogens with two attached hydrogens (primary N) is 1. The minimum Gasteiger partial charge on any atom is -0.491 e. The fraction of sp³-hybridized carbons (Fsp3) is 0.333. The van der Waals surface area contributed by atoms with Crippen LogP contribution in [-0.4, -0.2) is 18.6 Å². The van der Waals surface area contributed by atoms with Gasteiger partial charge in [0.1, 0.15) is 17.8 Å². The fourth-order valence-corrected chi connectivity index (χ4v) is 4.63. The molecule has 2 heterocycles. The summed E-state index contributed by atoms with van der Waals surface area (Å²) >= 11 is 0. The summed E-state index contributed by atoms with van der Waals surface area (Å²) in [6.07, 6.45) is 3.37. The molecule has 0 fully saturated rings. The molecule has 5 rings (SSSR count). The van der Waals surface area contributed by atoms with E-state index in [2.05, 4.69) is 12.1 Å². The average Bonchev–Trinajstić information content (AvgIpc) is 3.12. The van der Waals surface area contributed by atoms with Crippen LogP contribution < -0.4 is 15.5 Å². The van der Waals surface area contributed by atoms with Crippen LogP contribution in [0.15, 0.2) is 30.3 Å². The second-order valence-electron chi connectivity index (χ2n) is 7.55. The minimum atomic E-state index is -1.02. The number of amides is 2. The number of hydrogen-bond donors (Lipinski definition) is 1. The van der Waals surface area contributed by atoms with E-state index in [1.165, 1.54) is 17.5 Å². The van der Waals surface area contributed by atoms with Crippen molar-refractivity contribution in [2.24, 2.45) is 5.73 Å². The van der Waals surface area contributed by atoms with Crippen LogP contribution in [0.4, 0.5) is 10.5 Å². The molecular weight excluding hydrogens is 344 g/mol. The molecule has 6 heteroatoms. The Morgan fingerprint density at radius 3 is 2.63 bits per heavy atom. The number of hydroxylamine groups is 1. The fourth-order valence-electron chi connectivity index (χ4n) is 4.63. The smallest absolute Gasteiger partial charge is 0.429 e. The Morgan fingerprint density at radius 1 is 1.15 bits per heavy atom. The largest absolute Gasteiger partial charge is 0.491 e. The standard InChI is InChI=1S/C21H20N2O4/c1-12-6-7-15-17(8-12)23(27-20(22)25)19(24)21(15)11-26-18-10-14-5-3-2-4-13(14)9-16(18)21/h6-10H,2-5,11H2,1H3,(H2,22,25). The first kappa shape index (κ1) is 16.2. The molecule has 0 radical (unpaired) electrons. The van der Waals surface area contributed by atoms with Crippen molar-refractivity contribution in [1.82, 2.24) is 0 Å². The van der Waals surface area contributed by atoms with Crippen molar-refractivity contribution in [3.8, 4) is 5.75 Å². The molecule has 2 aromatic carbocycles. The van der Waals surface area contributed by atoms with Gasteiger partial charge in [0.15, 0.2) is 0 Å². The number of fused-ring (bicyclic) bond motifs is 5. The van der Waals surface area contributed by atoms with Gasteiger partial charge in [-0.25, -0.2) is 4.79 Å². The van der Waals surface area contributed by atoms with E-state index in [0.717, 1.165) is 46.8 Å². The van der Waals surface area contributed by atoms with Gasteiger partial charge in [0.25, 0.3) is 5.91 Å². The molecule has 2 aliphatic heterocycles. The monoisotopic (exact) mass is 364 g/mol. The van der Waals surface area contributed by atoms with E-state index < -0.39 is 11.5 Å². The van der Waals surface area contributed by atoms with Crippen molar-refractivity contribution in [2.45, 2.75) is 38.0 Å². The summed E-state index contributed by atoms with van der Waals surface area (Å²) in [4.78, 5) is 30.0. The van der Waals surface area contributed by atoms with Crippen LogP contribution in [0.25, 0.3) is 0 Å². The van der Waals surface area contributed by atoms with Crippen LogP contribution in [0.3, 0.4) is 0 Å². The summed E-state index contributed by atoms with van der Waals surface area (Å²) < 4.78 is 5.99. The Balaban J connectivity index is 1.73. The quantitative estimate of drug-likeness (QED) is 0.843. The molecule has 0 saturated heterocycles. The molecular formula is C21H20N2O4. The van der Waals surface area contributed by atoms with Crippen molar-refractivity contribution in [1.29, 1.82) is 0 Å². The second-order valence-corrected chi connectivity index (χ2v) is 7.55. The van der Waals surface area contributed by atoms with Gasteiger partial charge in [-0.3, -0.25) is 4.79 Å². The Morgan fingerprint density at radius 2 is 1.89 bits per heavy atom. The lowest BCUT2D eigenvalue weighted by Crippen LogP contribution is -2.44. The molecule has 2 aromatic rings. The van der Waals surface area contributed by atoms with Crippen molar-refractivity contribution < 1.29 is 19.2 Å². The normalized spacial score (nSPS) is 22.3. The topological polar surface area (TPSA) is 81.9 Å². The predicted molar refractivity (Wildman–Crippen MR) is 98.7 cm³/mol. The Labute approximate surface area is 156 Å². The van der Waals surface area contributed by atoms with Crippen LogP contribution in [0.5, 0.6) is 5.75 Å². The molecule has 2 N–H and O–H groups in total. The summed E-state index contributed by atoms with van der Waals surface area (Å²) in [7, 11) is 0. The maximum Gasteiger partial charge on any atom is 0.429 e. The van der Waals surface area contributed by atoms with E-state index in [-0.39, 0.29) is 12.5 Å². The first-order valence-corrected chi connectivity index (χ1v) is 9.23. The van der Waals surface area contributed by atoms with Gasteiger partial charge < -0.3 is 15.3 Å². The molecule has 3 aliphatic rings. The summed E-state index contributed by atoms with van der Waals surface area (Å²) in [5, 5.41) is 1.03. The van der Waals surface area contributed by atoms with Crippen molar-refractivity contribution in [3.63, 3.8) is 0 Å². The third kappa shape index (κ3) is 2.13. The number of benzene rings is 2. The predicted octanol–water partition coefficient (Wildman–Crippen LogP) is 2.91. The summed E-state index contributed by atoms with van der Waals surface area (Å²) in [6.45, 7) is 2.12. The van der Waals surface area contributed by atoms with E-state index in [9.17, 15) is 9.59 Å². The Kier molecular flexibility index (Phi) is 3.29. The van der Waals surface area contributed by atoms with Gasteiger partial charge in [-0.1, -0.05) is 18.2 Å². The van der Waals surface area contributed by atoms with Crippen LogP contribution in [0.2, 0.25) is 0 Å². The van der Waals surface area contributed by atoms with Crippen LogP contribution in [0, 0.1) is 6.92 Å². The molecule has 1 spiro atoms. The van der Waals surface area contributed by atoms with Crippen molar-refractivity contribution in [3.05, 3.63) is 58.1 Å². The zero-order valence-corrected chi connectivity index (χ0v) is 15.1. The minimum absolute atomic E-state index is 0.193. The van der Waals surface area contributed by atoms with Crippen molar-refractivity contribution in [2.75, 3.05) is 11.7 Å². The average molecular weight is 364 g/mol. The first-order chi connectivity index (χ1) is 13.0. The number of ether oxygens (including phenoxy) is 1. The highest BCUT2D eigenvalue weighted by molar-refractivity contribution is 6.11. The van der Waals surface area contributed by atoms with Crippen LogP contribution >= 0.6 is 0 Å². The molecule has 27 heavy (non-hydrogen) atoms. The number of hydrogen-bond acceptors (Lipinski definition) is 4. The Bertz CT molecular complexity index is 1000. The number of anilines is 1.